The first-order valence-corrected chi connectivity index (χ1v) is 7.51. The number of fused-ring (bicyclic) bond motifs is 1. The van der Waals surface area contributed by atoms with Gasteiger partial charge in [0.15, 0.2) is 0 Å². The number of rotatable bonds is 4. The molecule has 0 saturated carbocycles. The number of benzene rings is 2. The van der Waals surface area contributed by atoms with Gasteiger partial charge in [-0.3, -0.25) is 15.1 Å². The van der Waals surface area contributed by atoms with Gasteiger partial charge in [-0.25, -0.2) is 4.98 Å². The maximum atomic E-state index is 11.6. The second kappa shape index (κ2) is 6.04. The number of hydrogen-bond donors (Lipinski definition) is 0. The van der Waals surface area contributed by atoms with Gasteiger partial charge >= 0.3 is 5.69 Å². The van der Waals surface area contributed by atoms with Gasteiger partial charge in [0.1, 0.15) is 5.75 Å². The van der Waals surface area contributed by atoms with Crippen LogP contribution < -0.4 is 4.74 Å². The van der Waals surface area contributed by atoms with Crippen molar-refractivity contribution in [3.05, 3.63) is 83.6 Å². The lowest BCUT2D eigenvalue weighted by Crippen LogP contribution is -1.96. The van der Waals surface area contributed by atoms with Gasteiger partial charge in [-0.05, 0) is 36.4 Å². The van der Waals surface area contributed by atoms with Crippen LogP contribution in [0.15, 0.2) is 73.4 Å². The van der Waals surface area contributed by atoms with E-state index in [1.807, 2.05) is 22.9 Å². The zero-order valence-corrected chi connectivity index (χ0v) is 12.9. The molecule has 0 spiro atoms. The molecule has 7 heteroatoms. The van der Waals surface area contributed by atoms with Crippen LogP contribution in [-0.4, -0.2) is 19.5 Å². The Morgan fingerprint density at radius 1 is 1.08 bits per heavy atom. The quantitative estimate of drug-likeness (QED) is 0.414. The molecular formula is C18H12N4O3. The summed E-state index contributed by atoms with van der Waals surface area (Å²) in [6, 6.07) is 13.9. The second-order valence-corrected chi connectivity index (χ2v) is 5.31. The summed E-state index contributed by atoms with van der Waals surface area (Å²) in [7, 11) is 0. The van der Waals surface area contributed by atoms with E-state index in [9.17, 15) is 10.1 Å². The van der Waals surface area contributed by atoms with Crippen molar-refractivity contribution in [2.45, 2.75) is 0 Å². The van der Waals surface area contributed by atoms with Gasteiger partial charge in [0, 0.05) is 24.7 Å². The minimum absolute atomic E-state index is 0.0985. The Labute approximate surface area is 142 Å². The third-order valence-corrected chi connectivity index (χ3v) is 3.75. The lowest BCUT2D eigenvalue weighted by molar-refractivity contribution is -0.383. The van der Waals surface area contributed by atoms with Crippen molar-refractivity contribution in [1.82, 2.24) is 14.5 Å². The summed E-state index contributed by atoms with van der Waals surface area (Å²) in [5, 5.41) is 12.0. The number of ether oxygens (including phenoxy) is 1. The van der Waals surface area contributed by atoms with Crippen molar-refractivity contribution < 1.29 is 9.66 Å². The van der Waals surface area contributed by atoms with E-state index in [0.717, 1.165) is 5.69 Å². The molecule has 0 N–H and O–H groups in total. The molecule has 4 aromatic rings. The first-order chi connectivity index (χ1) is 12.2. The number of nitrogens with zero attached hydrogens (tertiary/aromatic N) is 4. The van der Waals surface area contributed by atoms with Crippen LogP contribution in [0, 0.1) is 10.1 Å². The van der Waals surface area contributed by atoms with Gasteiger partial charge in [-0.2, -0.15) is 0 Å². The van der Waals surface area contributed by atoms with E-state index >= 15 is 0 Å². The topological polar surface area (TPSA) is 83.1 Å². The van der Waals surface area contributed by atoms with Crippen molar-refractivity contribution >= 4 is 16.6 Å². The van der Waals surface area contributed by atoms with Crippen molar-refractivity contribution in [3.63, 3.8) is 0 Å². The number of nitro benzene ring substituents is 1. The summed E-state index contributed by atoms with van der Waals surface area (Å²) in [5.41, 5.74) is 1.30. The largest absolute Gasteiger partial charge is 0.450 e. The maximum Gasteiger partial charge on any atom is 0.320 e. The average Bonchev–Trinajstić information content (AvgIpc) is 3.16. The van der Waals surface area contributed by atoms with Gasteiger partial charge in [0.25, 0.3) is 0 Å². The first kappa shape index (κ1) is 14.8. The number of imidazole rings is 1. The number of aromatic nitrogens is 3. The Hall–Kier alpha value is -3.74. The molecule has 0 unspecified atom stereocenters. The fourth-order valence-corrected chi connectivity index (χ4v) is 2.63. The first-order valence-electron chi connectivity index (χ1n) is 7.51. The molecule has 0 atom stereocenters. The van der Waals surface area contributed by atoms with Crippen LogP contribution in [0.5, 0.6) is 11.5 Å². The molecule has 0 aliphatic carbocycles. The summed E-state index contributed by atoms with van der Waals surface area (Å²) in [6.07, 6.45) is 6.75. The van der Waals surface area contributed by atoms with Gasteiger partial charge < -0.3 is 9.30 Å². The Morgan fingerprint density at radius 3 is 2.80 bits per heavy atom. The molecule has 7 nitrogen and oxygen atoms in total. The predicted octanol–water partition coefficient (Wildman–Crippen LogP) is 4.12. The number of nitro groups is 1. The van der Waals surface area contributed by atoms with Gasteiger partial charge in [0.05, 0.1) is 27.8 Å². The van der Waals surface area contributed by atoms with Crippen LogP contribution in [0.25, 0.3) is 16.6 Å². The molecule has 25 heavy (non-hydrogen) atoms. The molecule has 0 amide bonds. The van der Waals surface area contributed by atoms with E-state index in [1.165, 1.54) is 0 Å². The summed E-state index contributed by atoms with van der Waals surface area (Å²) in [5.74, 6) is 0.672. The zero-order chi connectivity index (χ0) is 17.2. The highest BCUT2D eigenvalue weighted by molar-refractivity contribution is 5.90. The molecule has 0 aliphatic heterocycles. The van der Waals surface area contributed by atoms with Gasteiger partial charge in [-0.1, -0.05) is 6.07 Å². The minimum Gasteiger partial charge on any atom is -0.450 e. The molecule has 0 bridgehead atoms. The summed E-state index contributed by atoms with van der Waals surface area (Å²) in [4.78, 5) is 19.3. The smallest absolute Gasteiger partial charge is 0.320 e. The average molecular weight is 332 g/mol. The third kappa shape index (κ3) is 2.78. The lowest BCUT2D eigenvalue weighted by Gasteiger charge is -2.09. The van der Waals surface area contributed by atoms with E-state index in [2.05, 4.69) is 9.97 Å². The Bertz CT molecular complexity index is 1060. The van der Waals surface area contributed by atoms with Crippen LogP contribution in [0.4, 0.5) is 5.69 Å². The van der Waals surface area contributed by atoms with Crippen molar-refractivity contribution in [1.29, 1.82) is 0 Å². The van der Waals surface area contributed by atoms with E-state index in [4.69, 9.17) is 4.74 Å². The van der Waals surface area contributed by atoms with Crippen molar-refractivity contribution in [2.75, 3.05) is 0 Å². The summed E-state index contributed by atoms with van der Waals surface area (Å²) >= 11 is 0. The molecule has 2 heterocycles. The minimum atomic E-state index is -0.445. The lowest BCUT2D eigenvalue weighted by atomic mass is 10.1. The Morgan fingerprint density at radius 2 is 2.00 bits per heavy atom. The second-order valence-electron chi connectivity index (χ2n) is 5.31. The number of hydrogen-bond acceptors (Lipinski definition) is 5. The monoisotopic (exact) mass is 332 g/mol. The molecule has 2 aromatic heterocycles. The van der Waals surface area contributed by atoms with Gasteiger partial charge in [0.2, 0.25) is 5.75 Å². The highest BCUT2D eigenvalue weighted by atomic mass is 16.6. The van der Waals surface area contributed by atoms with E-state index < -0.39 is 4.92 Å². The normalized spacial score (nSPS) is 10.7. The van der Waals surface area contributed by atoms with Crippen LogP contribution in [0.1, 0.15) is 0 Å². The highest BCUT2D eigenvalue weighted by Crippen LogP contribution is 2.37. The number of pyridine rings is 1. The van der Waals surface area contributed by atoms with Crippen LogP contribution in [0.2, 0.25) is 0 Å². The standard InChI is InChI=1S/C18H12N4O3/c23-22(24)18-15-5-2-8-20-16(15)6-7-17(18)25-14-4-1-3-13(11-14)21-10-9-19-12-21/h1-12H. The molecule has 0 fully saturated rings. The molecule has 0 saturated heterocycles. The van der Waals surface area contributed by atoms with Crippen LogP contribution in [0.3, 0.4) is 0 Å². The van der Waals surface area contributed by atoms with E-state index in [1.54, 1.807) is 55.1 Å². The summed E-state index contributed by atoms with van der Waals surface area (Å²) in [6.45, 7) is 0. The zero-order valence-electron chi connectivity index (χ0n) is 12.9. The SMILES string of the molecule is O=[N+]([O-])c1c(Oc2cccc(-n3ccnc3)c2)ccc2ncccc12. The van der Waals surface area contributed by atoms with Crippen LogP contribution >= 0.6 is 0 Å². The highest BCUT2D eigenvalue weighted by Gasteiger charge is 2.20. The summed E-state index contributed by atoms with van der Waals surface area (Å²) < 4.78 is 7.64. The molecule has 0 radical (unpaired) electrons. The fourth-order valence-electron chi connectivity index (χ4n) is 2.63. The molecule has 122 valence electrons. The fraction of sp³-hybridized carbons (Fsp3) is 0. The maximum absolute atomic E-state index is 11.6. The van der Waals surface area contributed by atoms with Crippen molar-refractivity contribution in [3.8, 4) is 17.2 Å². The molecular weight excluding hydrogens is 320 g/mol. The third-order valence-electron chi connectivity index (χ3n) is 3.75. The molecule has 0 aliphatic rings. The molecule has 2 aromatic carbocycles. The molecule has 4 rings (SSSR count). The predicted molar refractivity (Wildman–Crippen MR) is 92.0 cm³/mol. The van der Waals surface area contributed by atoms with Gasteiger partial charge in [-0.15, -0.1) is 0 Å². The van der Waals surface area contributed by atoms with Crippen LogP contribution in [-0.2, 0) is 0 Å². The van der Waals surface area contributed by atoms with E-state index in [0.29, 0.717) is 16.7 Å². The Kier molecular flexibility index (Phi) is 3.59. The van der Waals surface area contributed by atoms with E-state index in [-0.39, 0.29) is 11.4 Å². The Balaban J connectivity index is 1.77. The van der Waals surface area contributed by atoms with Crippen molar-refractivity contribution in [2.24, 2.45) is 0 Å².